The van der Waals surface area contributed by atoms with Crippen LogP contribution in [0, 0.1) is 23.7 Å². The minimum absolute atomic E-state index is 0.129. The fraction of sp³-hybridized carbons (Fsp3) is 0.800. The summed E-state index contributed by atoms with van der Waals surface area (Å²) in [6.45, 7) is 11.7. The van der Waals surface area contributed by atoms with E-state index >= 15 is 0 Å². The van der Waals surface area contributed by atoms with Gasteiger partial charge in [0.1, 0.15) is 0 Å². The quantitative estimate of drug-likeness (QED) is 0.163. The van der Waals surface area contributed by atoms with E-state index in [1.165, 1.54) is 5.06 Å². The van der Waals surface area contributed by atoms with Gasteiger partial charge in [0.2, 0.25) is 0 Å². The average Bonchev–Trinajstić information content (AvgIpc) is 2.56. The summed E-state index contributed by atoms with van der Waals surface area (Å²) in [6, 6.07) is 0. The van der Waals surface area contributed by atoms with Crippen molar-refractivity contribution in [2.75, 3.05) is 0 Å². The molecule has 1 saturated heterocycles. The number of rotatable bonds is 6. The number of ether oxygens (including phenoxy) is 1. The fourth-order valence-electron chi connectivity index (χ4n) is 3.80. The van der Waals surface area contributed by atoms with Crippen molar-refractivity contribution in [2.45, 2.75) is 90.8 Å². The topological polar surface area (TPSA) is 114 Å². The van der Waals surface area contributed by atoms with Gasteiger partial charge in [-0.2, -0.15) is 10.2 Å². The summed E-state index contributed by atoms with van der Waals surface area (Å²) in [5.41, 5.74) is 4.52. The highest BCUT2D eigenvalue weighted by Crippen LogP contribution is 2.40. The maximum absolute atomic E-state index is 12.6. The van der Waals surface area contributed by atoms with Crippen molar-refractivity contribution in [2.24, 2.45) is 28.5 Å². The van der Waals surface area contributed by atoms with Crippen LogP contribution in [0.2, 0.25) is 0 Å². The molecular weight excluding hydrogens is 344 g/mol. The lowest BCUT2D eigenvalue weighted by Crippen LogP contribution is -2.60. The van der Waals surface area contributed by atoms with Gasteiger partial charge in [-0.25, -0.2) is 0 Å². The molecule has 1 rings (SSSR count). The smallest absolute Gasteiger partial charge is 0.309 e. The van der Waals surface area contributed by atoms with Gasteiger partial charge in [0, 0.05) is 17.0 Å². The van der Waals surface area contributed by atoms with E-state index in [4.69, 9.17) is 16.3 Å². The Bertz CT molecular complexity index is 586. The Morgan fingerprint density at radius 1 is 1.26 bits per heavy atom. The van der Waals surface area contributed by atoms with Crippen molar-refractivity contribution < 1.29 is 14.7 Å². The highest BCUT2D eigenvalue weighted by molar-refractivity contribution is 5.96. The predicted octanol–water partition coefficient (Wildman–Crippen LogP) is 2.62. The molecule has 2 atom stereocenters. The first kappa shape index (κ1) is 23.3. The summed E-state index contributed by atoms with van der Waals surface area (Å²) in [5, 5.41) is 15.0. The number of nitrogens with two attached hydrogens (primary N) is 2. The van der Waals surface area contributed by atoms with Crippen LogP contribution in [0.5, 0.6) is 0 Å². The van der Waals surface area contributed by atoms with Gasteiger partial charge in [-0.3, -0.25) is 4.79 Å². The Kier molecular flexibility index (Phi) is 8.12. The Morgan fingerprint density at radius 3 is 2.33 bits per heavy atom. The van der Waals surface area contributed by atoms with Gasteiger partial charge in [0.15, 0.2) is 5.84 Å². The molecule has 0 aromatic rings. The molecule has 0 aromatic heterocycles. The SMILES string of the molecule is CC(C#CC(N)=NN)CCCC(C)OC(=O)C1CC(C)(C)N(O)C(C)(C)C1. The zero-order valence-electron chi connectivity index (χ0n) is 17.6. The third-order valence-corrected chi connectivity index (χ3v) is 5.12. The average molecular weight is 381 g/mol. The van der Waals surface area contributed by atoms with Crippen molar-refractivity contribution in [3.63, 3.8) is 0 Å². The maximum atomic E-state index is 12.6. The van der Waals surface area contributed by atoms with Gasteiger partial charge >= 0.3 is 5.97 Å². The summed E-state index contributed by atoms with van der Waals surface area (Å²) < 4.78 is 5.68. The minimum atomic E-state index is -0.461. The Morgan fingerprint density at radius 2 is 1.81 bits per heavy atom. The maximum Gasteiger partial charge on any atom is 0.309 e. The highest BCUT2D eigenvalue weighted by Gasteiger charge is 2.47. The van der Waals surface area contributed by atoms with E-state index in [0.717, 1.165) is 19.3 Å². The zero-order chi connectivity index (χ0) is 20.8. The van der Waals surface area contributed by atoms with Crippen molar-refractivity contribution in [1.82, 2.24) is 5.06 Å². The lowest BCUT2D eigenvalue weighted by Gasteiger charge is -2.50. The molecule has 7 heteroatoms. The molecule has 1 aliphatic rings. The van der Waals surface area contributed by atoms with E-state index in [9.17, 15) is 10.0 Å². The van der Waals surface area contributed by atoms with Crippen LogP contribution in [0.25, 0.3) is 0 Å². The fourth-order valence-corrected chi connectivity index (χ4v) is 3.80. The third kappa shape index (κ3) is 7.04. The normalized spacial score (nSPS) is 22.4. The van der Waals surface area contributed by atoms with Crippen LogP contribution in [0.15, 0.2) is 5.10 Å². The molecule has 7 nitrogen and oxygen atoms in total. The molecule has 1 fully saturated rings. The molecule has 0 saturated carbocycles. The first-order valence-electron chi connectivity index (χ1n) is 9.63. The molecule has 0 radical (unpaired) electrons. The van der Waals surface area contributed by atoms with E-state index in [2.05, 4.69) is 16.9 Å². The van der Waals surface area contributed by atoms with Gasteiger partial charge < -0.3 is 21.5 Å². The molecule has 2 unspecified atom stereocenters. The van der Waals surface area contributed by atoms with Crippen LogP contribution >= 0.6 is 0 Å². The van der Waals surface area contributed by atoms with Crippen LogP contribution in [-0.4, -0.2) is 39.3 Å². The van der Waals surface area contributed by atoms with E-state index in [0.29, 0.717) is 12.8 Å². The first-order chi connectivity index (χ1) is 12.4. The second kappa shape index (κ2) is 9.43. The van der Waals surface area contributed by atoms with Crippen LogP contribution in [-0.2, 0) is 9.53 Å². The first-order valence-corrected chi connectivity index (χ1v) is 9.63. The van der Waals surface area contributed by atoms with E-state index in [1.54, 1.807) is 0 Å². The summed E-state index contributed by atoms with van der Waals surface area (Å²) in [7, 11) is 0. The Hall–Kier alpha value is -1.78. The van der Waals surface area contributed by atoms with Gasteiger partial charge in [-0.15, -0.1) is 0 Å². The number of nitrogens with zero attached hydrogens (tertiary/aromatic N) is 2. The molecule has 5 N–H and O–H groups in total. The molecule has 0 bridgehead atoms. The lowest BCUT2D eigenvalue weighted by atomic mass is 9.75. The molecule has 1 heterocycles. The number of hydrogen-bond acceptors (Lipinski definition) is 6. The minimum Gasteiger partial charge on any atom is -0.462 e. The van der Waals surface area contributed by atoms with E-state index in [1.807, 2.05) is 41.5 Å². The molecule has 0 aliphatic carbocycles. The number of hydroxylamine groups is 2. The van der Waals surface area contributed by atoms with Crippen molar-refractivity contribution >= 4 is 11.8 Å². The highest BCUT2D eigenvalue weighted by atomic mass is 16.5. The van der Waals surface area contributed by atoms with Gasteiger partial charge in [0.25, 0.3) is 0 Å². The molecule has 1 aliphatic heterocycles. The third-order valence-electron chi connectivity index (χ3n) is 5.12. The molecule has 154 valence electrons. The predicted molar refractivity (Wildman–Crippen MR) is 107 cm³/mol. The largest absolute Gasteiger partial charge is 0.462 e. The summed E-state index contributed by atoms with van der Waals surface area (Å²) >= 11 is 0. The van der Waals surface area contributed by atoms with Gasteiger partial charge in [-0.1, -0.05) is 12.8 Å². The number of hydrogen-bond donors (Lipinski definition) is 3. The molecule has 0 aromatic carbocycles. The van der Waals surface area contributed by atoms with Crippen LogP contribution in [0.1, 0.15) is 73.6 Å². The molecule has 0 amide bonds. The number of carbonyl (C=O) groups excluding carboxylic acids is 1. The van der Waals surface area contributed by atoms with Gasteiger partial charge in [0.05, 0.1) is 12.0 Å². The number of piperidine rings is 1. The van der Waals surface area contributed by atoms with Crippen molar-refractivity contribution in [3.05, 3.63) is 0 Å². The van der Waals surface area contributed by atoms with Crippen LogP contribution in [0.4, 0.5) is 0 Å². The Balaban J connectivity index is 2.47. The second-order valence-corrected chi connectivity index (χ2v) is 8.90. The lowest BCUT2D eigenvalue weighted by molar-refractivity contribution is -0.252. The van der Waals surface area contributed by atoms with Crippen LogP contribution < -0.4 is 11.6 Å². The number of carbonyl (C=O) groups is 1. The Labute approximate surface area is 163 Å². The van der Waals surface area contributed by atoms with Gasteiger partial charge in [-0.05, 0) is 72.6 Å². The van der Waals surface area contributed by atoms with E-state index < -0.39 is 11.1 Å². The zero-order valence-corrected chi connectivity index (χ0v) is 17.6. The summed E-state index contributed by atoms with van der Waals surface area (Å²) in [4.78, 5) is 12.6. The molecule has 0 spiro atoms. The standard InChI is InChI=1S/C20H36N4O3/c1-14(10-11-17(21)23-22)8-7-9-15(2)27-18(25)16-12-19(3,4)24(26)20(5,6)13-16/h14-16,26H,7-9,12-13,22H2,1-6H3,(H2,21,23). The monoisotopic (exact) mass is 380 g/mol. The number of esters is 1. The second-order valence-electron chi connectivity index (χ2n) is 8.90. The summed E-state index contributed by atoms with van der Waals surface area (Å²) in [6.07, 6.45) is 3.58. The van der Waals surface area contributed by atoms with Crippen LogP contribution in [0.3, 0.4) is 0 Å². The van der Waals surface area contributed by atoms with Crippen molar-refractivity contribution in [3.8, 4) is 11.8 Å². The molecule has 27 heavy (non-hydrogen) atoms. The number of hydrazone groups is 1. The molecular formula is C20H36N4O3. The number of amidine groups is 1. The van der Waals surface area contributed by atoms with E-state index in [-0.39, 0.29) is 29.7 Å². The summed E-state index contributed by atoms with van der Waals surface area (Å²) in [5.74, 6) is 10.7. The van der Waals surface area contributed by atoms with Crippen molar-refractivity contribution in [1.29, 1.82) is 0 Å².